The summed E-state index contributed by atoms with van der Waals surface area (Å²) in [7, 11) is 0. The second-order valence-corrected chi connectivity index (χ2v) is 3.92. The molecule has 0 saturated carbocycles. The predicted octanol–water partition coefficient (Wildman–Crippen LogP) is 0.340. The molecule has 0 aliphatic heterocycles. The Morgan fingerprint density at radius 3 is 2.88 bits per heavy atom. The molecule has 1 rings (SSSR count). The van der Waals surface area contributed by atoms with E-state index in [0.717, 1.165) is 13.1 Å². The van der Waals surface area contributed by atoms with Gasteiger partial charge in [0.15, 0.2) is 5.84 Å². The zero-order valence-corrected chi connectivity index (χ0v) is 9.74. The molecule has 0 radical (unpaired) electrons. The molecular formula is C10H19N5O. The van der Waals surface area contributed by atoms with Crippen LogP contribution in [0, 0.1) is 0 Å². The molecule has 6 heteroatoms. The van der Waals surface area contributed by atoms with E-state index >= 15 is 0 Å². The molecule has 90 valence electrons. The number of hydrogen-bond acceptors (Lipinski definition) is 4. The van der Waals surface area contributed by atoms with E-state index in [2.05, 4.69) is 29.0 Å². The Hall–Kier alpha value is -1.56. The highest BCUT2D eigenvalue weighted by Crippen LogP contribution is 1.98. The van der Waals surface area contributed by atoms with E-state index < -0.39 is 0 Å². The second-order valence-electron chi connectivity index (χ2n) is 3.92. The van der Waals surface area contributed by atoms with Crippen LogP contribution in [0.25, 0.3) is 0 Å². The van der Waals surface area contributed by atoms with Crippen LogP contribution in [0.15, 0.2) is 23.6 Å². The standard InChI is InChI=1S/C10H19N5O/c1-9(2)14(8-10(11)13-16)6-7-15-5-3-4-12-15/h3-5,9,16H,6-8H2,1-2H3,(H2,11,13). The van der Waals surface area contributed by atoms with Gasteiger partial charge in [-0.3, -0.25) is 9.58 Å². The van der Waals surface area contributed by atoms with Crippen molar-refractivity contribution in [2.75, 3.05) is 13.1 Å². The number of rotatable bonds is 6. The van der Waals surface area contributed by atoms with E-state index in [1.54, 1.807) is 6.20 Å². The Balaban J connectivity index is 2.45. The summed E-state index contributed by atoms with van der Waals surface area (Å²) in [5.74, 6) is 0.231. The molecule has 1 aromatic heterocycles. The van der Waals surface area contributed by atoms with E-state index in [9.17, 15) is 0 Å². The summed E-state index contributed by atoms with van der Waals surface area (Å²) < 4.78 is 1.86. The predicted molar refractivity (Wildman–Crippen MR) is 62.3 cm³/mol. The molecule has 0 aliphatic carbocycles. The molecule has 1 heterocycles. The van der Waals surface area contributed by atoms with Gasteiger partial charge in [0.2, 0.25) is 0 Å². The Kier molecular flexibility index (Phi) is 4.78. The molecule has 0 aliphatic rings. The average molecular weight is 225 g/mol. The van der Waals surface area contributed by atoms with Gasteiger partial charge in [-0.2, -0.15) is 5.10 Å². The Labute approximate surface area is 95.3 Å². The number of amidine groups is 1. The monoisotopic (exact) mass is 225 g/mol. The third-order valence-electron chi connectivity index (χ3n) is 2.40. The maximum Gasteiger partial charge on any atom is 0.153 e. The van der Waals surface area contributed by atoms with Crippen LogP contribution in [0.4, 0.5) is 0 Å². The molecule has 6 nitrogen and oxygen atoms in total. The smallest absolute Gasteiger partial charge is 0.153 e. The van der Waals surface area contributed by atoms with Gasteiger partial charge in [0, 0.05) is 25.0 Å². The highest BCUT2D eigenvalue weighted by atomic mass is 16.4. The summed E-state index contributed by atoms with van der Waals surface area (Å²) in [5.41, 5.74) is 5.50. The summed E-state index contributed by atoms with van der Waals surface area (Å²) in [6.45, 7) is 6.23. The summed E-state index contributed by atoms with van der Waals surface area (Å²) >= 11 is 0. The second kappa shape index (κ2) is 6.12. The van der Waals surface area contributed by atoms with Crippen molar-refractivity contribution in [1.82, 2.24) is 14.7 Å². The molecule has 0 atom stereocenters. The van der Waals surface area contributed by atoms with Gasteiger partial charge >= 0.3 is 0 Å². The first-order valence-electron chi connectivity index (χ1n) is 5.31. The number of aromatic nitrogens is 2. The third kappa shape index (κ3) is 3.90. The minimum absolute atomic E-state index is 0.231. The molecule has 0 fully saturated rings. The quantitative estimate of drug-likeness (QED) is 0.317. The molecule has 0 amide bonds. The van der Waals surface area contributed by atoms with E-state index in [1.807, 2.05) is 16.9 Å². The van der Waals surface area contributed by atoms with Gasteiger partial charge in [0.05, 0.1) is 13.1 Å². The molecule has 16 heavy (non-hydrogen) atoms. The number of nitrogens with zero attached hydrogens (tertiary/aromatic N) is 4. The lowest BCUT2D eigenvalue weighted by atomic mass is 10.3. The van der Waals surface area contributed by atoms with Crippen molar-refractivity contribution in [2.24, 2.45) is 10.9 Å². The molecule has 0 saturated heterocycles. The van der Waals surface area contributed by atoms with Crippen LogP contribution < -0.4 is 5.73 Å². The van der Waals surface area contributed by atoms with E-state index in [4.69, 9.17) is 10.9 Å². The summed E-state index contributed by atoms with van der Waals surface area (Å²) in [4.78, 5) is 2.12. The number of nitrogens with two attached hydrogens (primary N) is 1. The topological polar surface area (TPSA) is 79.7 Å². The Bertz CT molecular complexity index is 320. The summed E-state index contributed by atoms with van der Waals surface area (Å²) in [6, 6.07) is 2.24. The largest absolute Gasteiger partial charge is 0.409 e. The van der Waals surface area contributed by atoms with Gasteiger partial charge in [-0.05, 0) is 19.9 Å². The van der Waals surface area contributed by atoms with Crippen molar-refractivity contribution in [3.05, 3.63) is 18.5 Å². The zero-order valence-electron chi connectivity index (χ0n) is 9.74. The average Bonchev–Trinajstić information content (AvgIpc) is 2.76. The van der Waals surface area contributed by atoms with Crippen LogP contribution in [0.2, 0.25) is 0 Å². The fraction of sp³-hybridized carbons (Fsp3) is 0.600. The summed E-state index contributed by atoms with van der Waals surface area (Å²) in [5, 5.41) is 15.6. The van der Waals surface area contributed by atoms with Gasteiger partial charge in [-0.1, -0.05) is 5.16 Å². The van der Waals surface area contributed by atoms with Crippen LogP contribution >= 0.6 is 0 Å². The molecule has 1 aromatic rings. The Morgan fingerprint density at radius 2 is 2.38 bits per heavy atom. The fourth-order valence-corrected chi connectivity index (χ4v) is 1.42. The van der Waals surface area contributed by atoms with Gasteiger partial charge in [-0.15, -0.1) is 0 Å². The molecule has 0 aromatic carbocycles. The lowest BCUT2D eigenvalue weighted by molar-refractivity contribution is 0.234. The minimum atomic E-state index is 0.231. The van der Waals surface area contributed by atoms with E-state index in [0.29, 0.717) is 12.6 Å². The van der Waals surface area contributed by atoms with Crippen LogP contribution in [-0.4, -0.2) is 44.9 Å². The van der Waals surface area contributed by atoms with Crippen molar-refractivity contribution >= 4 is 5.84 Å². The lowest BCUT2D eigenvalue weighted by Crippen LogP contribution is -2.40. The highest BCUT2D eigenvalue weighted by molar-refractivity contribution is 5.81. The minimum Gasteiger partial charge on any atom is -0.409 e. The van der Waals surface area contributed by atoms with Crippen LogP contribution in [0.5, 0.6) is 0 Å². The fourth-order valence-electron chi connectivity index (χ4n) is 1.42. The van der Waals surface area contributed by atoms with Crippen LogP contribution in [0.3, 0.4) is 0 Å². The van der Waals surface area contributed by atoms with E-state index in [-0.39, 0.29) is 5.84 Å². The first-order chi connectivity index (χ1) is 7.63. The summed E-state index contributed by atoms with van der Waals surface area (Å²) in [6.07, 6.45) is 3.67. The van der Waals surface area contributed by atoms with Crippen LogP contribution in [0.1, 0.15) is 13.8 Å². The molecular weight excluding hydrogens is 206 g/mol. The normalized spacial score (nSPS) is 12.6. The Morgan fingerprint density at radius 1 is 1.62 bits per heavy atom. The van der Waals surface area contributed by atoms with Gasteiger partial charge in [-0.25, -0.2) is 0 Å². The van der Waals surface area contributed by atoms with Crippen LogP contribution in [-0.2, 0) is 6.54 Å². The van der Waals surface area contributed by atoms with Crippen molar-refractivity contribution in [2.45, 2.75) is 26.4 Å². The molecule has 0 spiro atoms. The van der Waals surface area contributed by atoms with Crippen molar-refractivity contribution in [1.29, 1.82) is 0 Å². The van der Waals surface area contributed by atoms with Crippen molar-refractivity contribution < 1.29 is 5.21 Å². The van der Waals surface area contributed by atoms with Gasteiger partial charge in [0.25, 0.3) is 0 Å². The first-order valence-corrected chi connectivity index (χ1v) is 5.31. The highest BCUT2D eigenvalue weighted by Gasteiger charge is 2.11. The zero-order chi connectivity index (χ0) is 12.0. The van der Waals surface area contributed by atoms with Crippen molar-refractivity contribution in [3.63, 3.8) is 0 Å². The molecule has 3 N–H and O–H groups in total. The van der Waals surface area contributed by atoms with Crippen molar-refractivity contribution in [3.8, 4) is 0 Å². The molecule has 0 bridgehead atoms. The third-order valence-corrected chi connectivity index (χ3v) is 2.40. The number of hydrogen-bond donors (Lipinski definition) is 2. The molecule has 0 unspecified atom stereocenters. The van der Waals surface area contributed by atoms with Gasteiger partial charge in [0.1, 0.15) is 0 Å². The SMILES string of the molecule is CC(C)N(CCn1cccn1)CC(N)=NO. The number of oxime groups is 1. The van der Waals surface area contributed by atoms with E-state index in [1.165, 1.54) is 0 Å². The maximum absolute atomic E-state index is 8.54. The first kappa shape index (κ1) is 12.5. The van der Waals surface area contributed by atoms with Gasteiger partial charge < -0.3 is 10.9 Å². The maximum atomic E-state index is 8.54. The lowest BCUT2D eigenvalue weighted by Gasteiger charge is -2.25.